The third kappa shape index (κ3) is 3.40. The molecule has 154 valence electrons. The maximum Gasteiger partial charge on any atom is 0.243 e. The van der Waals surface area contributed by atoms with E-state index in [4.69, 9.17) is 4.74 Å². The molecule has 0 unspecified atom stereocenters. The van der Waals surface area contributed by atoms with Crippen LogP contribution in [0.1, 0.15) is 37.8 Å². The molecule has 29 heavy (non-hydrogen) atoms. The lowest BCUT2D eigenvalue weighted by molar-refractivity contribution is 0.312. The molecule has 0 spiro atoms. The molecule has 4 nitrogen and oxygen atoms in total. The minimum absolute atomic E-state index is 0.212. The lowest BCUT2D eigenvalue weighted by Gasteiger charge is -2.40. The van der Waals surface area contributed by atoms with Crippen molar-refractivity contribution in [1.82, 2.24) is 4.31 Å². The Bertz CT molecular complexity index is 1060. The van der Waals surface area contributed by atoms with Crippen LogP contribution in [0.3, 0.4) is 0 Å². The predicted octanol–water partition coefficient (Wildman–Crippen LogP) is 4.69. The minimum atomic E-state index is -3.53. The number of sulfonamides is 1. The average Bonchev–Trinajstić information content (AvgIpc) is 3.09. The molecule has 2 atom stereocenters. The van der Waals surface area contributed by atoms with Gasteiger partial charge in [-0.1, -0.05) is 41.0 Å². The maximum atomic E-state index is 13.4. The van der Waals surface area contributed by atoms with E-state index in [1.54, 1.807) is 23.5 Å². The van der Waals surface area contributed by atoms with Gasteiger partial charge in [-0.05, 0) is 69.4 Å². The molecule has 0 amide bonds. The van der Waals surface area contributed by atoms with Gasteiger partial charge in [0.1, 0.15) is 5.75 Å². The van der Waals surface area contributed by atoms with Crippen molar-refractivity contribution in [3.63, 3.8) is 0 Å². The van der Waals surface area contributed by atoms with Gasteiger partial charge in [-0.25, -0.2) is 8.42 Å². The van der Waals surface area contributed by atoms with Crippen molar-refractivity contribution in [3.05, 3.63) is 70.8 Å². The van der Waals surface area contributed by atoms with Gasteiger partial charge in [-0.2, -0.15) is 4.31 Å². The first-order valence-electron chi connectivity index (χ1n) is 10.1. The zero-order valence-electron chi connectivity index (χ0n) is 17.6. The zero-order chi connectivity index (χ0) is 20.8. The van der Waals surface area contributed by atoms with Crippen LogP contribution < -0.4 is 4.74 Å². The Kier molecular flexibility index (Phi) is 5.07. The Morgan fingerprint density at radius 2 is 1.76 bits per heavy atom. The fourth-order valence-electron chi connectivity index (χ4n) is 4.96. The molecule has 1 heterocycles. The largest absolute Gasteiger partial charge is 0.497 e. The van der Waals surface area contributed by atoms with Gasteiger partial charge < -0.3 is 4.74 Å². The number of fused-ring (bicyclic) bond motifs is 1. The van der Waals surface area contributed by atoms with Crippen LogP contribution in [0.15, 0.2) is 64.6 Å². The molecule has 1 aliphatic carbocycles. The number of methoxy groups -OCH3 is 1. The smallest absolute Gasteiger partial charge is 0.243 e. The molecule has 0 radical (unpaired) electrons. The summed E-state index contributed by atoms with van der Waals surface area (Å²) in [6.07, 6.45) is 1.82. The van der Waals surface area contributed by atoms with Crippen LogP contribution in [-0.2, 0) is 15.4 Å². The van der Waals surface area contributed by atoms with Gasteiger partial charge in [-0.3, -0.25) is 0 Å². The lowest BCUT2D eigenvalue weighted by Crippen LogP contribution is -2.39. The Morgan fingerprint density at radius 3 is 2.45 bits per heavy atom. The van der Waals surface area contributed by atoms with E-state index in [0.29, 0.717) is 18.0 Å². The van der Waals surface area contributed by atoms with E-state index in [1.165, 1.54) is 16.7 Å². The summed E-state index contributed by atoms with van der Waals surface area (Å²) >= 11 is 0. The third-order valence-corrected chi connectivity index (χ3v) is 8.66. The van der Waals surface area contributed by atoms with E-state index >= 15 is 0 Å². The van der Waals surface area contributed by atoms with Gasteiger partial charge in [0, 0.05) is 18.5 Å². The third-order valence-electron chi connectivity index (χ3n) is 6.83. The molecule has 1 fully saturated rings. The quantitative estimate of drug-likeness (QED) is 0.686. The van der Waals surface area contributed by atoms with E-state index in [0.717, 1.165) is 24.2 Å². The van der Waals surface area contributed by atoms with Crippen LogP contribution in [-0.4, -0.2) is 32.9 Å². The number of benzene rings is 2. The molecule has 0 bridgehead atoms. The summed E-state index contributed by atoms with van der Waals surface area (Å²) in [5, 5.41) is 0. The van der Waals surface area contributed by atoms with Crippen molar-refractivity contribution < 1.29 is 13.2 Å². The van der Waals surface area contributed by atoms with Crippen molar-refractivity contribution >= 4 is 10.0 Å². The molecule has 1 aliphatic heterocycles. The number of rotatable bonds is 4. The number of hydrogen-bond donors (Lipinski definition) is 0. The van der Waals surface area contributed by atoms with Crippen LogP contribution in [0.4, 0.5) is 0 Å². The number of ether oxygens (including phenoxy) is 1. The van der Waals surface area contributed by atoms with Crippen molar-refractivity contribution in [1.29, 1.82) is 0 Å². The Hall–Kier alpha value is -2.11. The number of hydrogen-bond acceptors (Lipinski definition) is 3. The average molecular weight is 412 g/mol. The first kappa shape index (κ1) is 20.2. The van der Waals surface area contributed by atoms with E-state index < -0.39 is 10.0 Å². The summed E-state index contributed by atoms with van der Waals surface area (Å²) in [5.74, 6) is 1.08. The summed E-state index contributed by atoms with van der Waals surface area (Å²) < 4.78 is 34.0. The molecule has 5 heteroatoms. The van der Waals surface area contributed by atoms with Crippen molar-refractivity contribution in [3.8, 4) is 5.75 Å². The van der Waals surface area contributed by atoms with Crippen LogP contribution in [0.25, 0.3) is 0 Å². The van der Waals surface area contributed by atoms with Gasteiger partial charge in [0.05, 0.1) is 12.0 Å². The topological polar surface area (TPSA) is 46.6 Å². The molecule has 0 aromatic heterocycles. The van der Waals surface area contributed by atoms with Crippen molar-refractivity contribution in [2.45, 2.75) is 43.9 Å². The van der Waals surface area contributed by atoms with Gasteiger partial charge in [0.25, 0.3) is 0 Å². The van der Waals surface area contributed by atoms with Crippen molar-refractivity contribution in [2.75, 3.05) is 20.2 Å². The van der Waals surface area contributed by atoms with Gasteiger partial charge >= 0.3 is 0 Å². The fourth-order valence-corrected chi connectivity index (χ4v) is 6.52. The van der Waals surface area contributed by atoms with Crippen LogP contribution in [0, 0.1) is 12.8 Å². The highest BCUT2D eigenvalue weighted by molar-refractivity contribution is 7.89. The number of aryl methyl sites for hydroxylation is 1. The highest BCUT2D eigenvalue weighted by atomic mass is 32.2. The lowest BCUT2D eigenvalue weighted by atomic mass is 9.63. The first-order chi connectivity index (χ1) is 13.8. The Morgan fingerprint density at radius 1 is 1.03 bits per heavy atom. The molecule has 2 aliphatic rings. The van der Waals surface area contributed by atoms with Gasteiger partial charge in [0.2, 0.25) is 10.0 Å². The second-order valence-electron chi connectivity index (χ2n) is 8.64. The van der Waals surface area contributed by atoms with Gasteiger partial charge in [-0.15, -0.1) is 0 Å². The Labute approximate surface area is 174 Å². The summed E-state index contributed by atoms with van der Waals surface area (Å²) in [5.41, 5.74) is 4.79. The second-order valence-corrected chi connectivity index (χ2v) is 10.6. The number of nitrogens with zero attached hydrogens (tertiary/aromatic N) is 1. The van der Waals surface area contributed by atoms with E-state index in [-0.39, 0.29) is 11.3 Å². The highest BCUT2D eigenvalue weighted by Gasteiger charge is 2.52. The molecular weight excluding hydrogens is 382 g/mol. The SMILES string of the molecule is COc1cccc([C@]23CC(C)=C(C)C[C@@H]2CN(S(=O)(=O)c2ccc(C)cc2)C3)c1. The molecule has 2 aromatic carbocycles. The molecule has 4 rings (SSSR count). The van der Waals surface area contributed by atoms with E-state index in [2.05, 4.69) is 26.0 Å². The summed E-state index contributed by atoms with van der Waals surface area (Å²) in [6.45, 7) is 7.39. The molecular formula is C24H29NO3S. The summed E-state index contributed by atoms with van der Waals surface area (Å²) in [6, 6.07) is 15.3. The Balaban J connectivity index is 1.77. The minimum Gasteiger partial charge on any atom is -0.497 e. The normalized spacial score (nSPS) is 25.2. The van der Waals surface area contributed by atoms with Crippen LogP contribution >= 0.6 is 0 Å². The van der Waals surface area contributed by atoms with E-state index in [9.17, 15) is 8.42 Å². The van der Waals surface area contributed by atoms with Gasteiger partial charge in [0.15, 0.2) is 0 Å². The summed E-state index contributed by atoms with van der Waals surface area (Å²) in [7, 11) is -1.85. The zero-order valence-corrected chi connectivity index (χ0v) is 18.4. The van der Waals surface area contributed by atoms with Crippen LogP contribution in [0.5, 0.6) is 5.75 Å². The molecule has 2 aromatic rings. The summed E-state index contributed by atoms with van der Waals surface area (Å²) in [4.78, 5) is 0.379. The predicted molar refractivity (Wildman–Crippen MR) is 116 cm³/mol. The second kappa shape index (κ2) is 7.29. The molecule has 0 saturated carbocycles. The standard InChI is InChI=1S/C24H29NO3S/c1-17-8-10-23(11-9-17)29(26,27)25-15-21-12-18(2)19(3)14-24(21,16-25)20-6-5-7-22(13-20)28-4/h5-11,13,21H,12,14-16H2,1-4H3/t21-,24-/m1/s1. The number of allylic oxidation sites excluding steroid dienone is 2. The van der Waals surface area contributed by atoms with Crippen LogP contribution in [0.2, 0.25) is 0 Å². The monoisotopic (exact) mass is 411 g/mol. The van der Waals surface area contributed by atoms with Crippen molar-refractivity contribution in [2.24, 2.45) is 5.92 Å². The van der Waals surface area contributed by atoms with E-state index in [1.807, 2.05) is 31.2 Å². The molecule has 0 N–H and O–H groups in total. The first-order valence-corrected chi connectivity index (χ1v) is 11.6. The fraction of sp³-hybridized carbons (Fsp3) is 0.417. The maximum absolute atomic E-state index is 13.4. The highest BCUT2D eigenvalue weighted by Crippen LogP contribution is 2.51. The molecule has 1 saturated heterocycles.